The first kappa shape index (κ1) is 23.9. The van der Waals surface area contributed by atoms with Crippen LogP contribution in [0.4, 0.5) is 23.2 Å². The molecular weight excluding hydrogens is 452 g/mol. The minimum atomic E-state index is -4.79. The van der Waals surface area contributed by atoms with Crippen molar-refractivity contribution in [3.63, 3.8) is 0 Å². The van der Waals surface area contributed by atoms with E-state index in [-0.39, 0.29) is 11.5 Å². The van der Waals surface area contributed by atoms with Crippen molar-refractivity contribution in [3.05, 3.63) is 65.4 Å². The third-order valence-electron chi connectivity index (χ3n) is 6.31. The third-order valence-corrected chi connectivity index (χ3v) is 6.31. The second kappa shape index (κ2) is 8.83. The number of hydrogen-bond donors (Lipinski definition) is 2. The van der Waals surface area contributed by atoms with Crippen LogP contribution in [0.3, 0.4) is 0 Å². The van der Waals surface area contributed by atoms with Crippen molar-refractivity contribution in [3.8, 4) is 0 Å². The van der Waals surface area contributed by atoms with Gasteiger partial charge in [-0.05, 0) is 38.0 Å². The number of nitrogens with zero attached hydrogens (tertiary/aromatic N) is 3. The van der Waals surface area contributed by atoms with Gasteiger partial charge < -0.3 is 15.3 Å². The number of carbonyl (C=O) groups excluding carboxylic acids is 1. The highest BCUT2D eigenvalue weighted by Crippen LogP contribution is 2.37. The second-order valence-corrected chi connectivity index (χ2v) is 8.56. The van der Waals surface area contributed by atoms with E-state index in [1.54, 1.807) is 24.0 Å². The zero-order valence-corrected chi connectivity index (χ0v) is 18.7. The number of aliphatic hydroxyl groups is 1. The number of benzene rings is 1. The number of rotatable bonds is 4. The van der Waals surface area contributed by atoms with Crippen LogP contribution in [0, 0.1) is 5.82 Å². The molecule has 1 amide bonds. The molecule has 3 heterocycles. The highest BCUT2D eigenvalue weighted by Gasteiger charge is 2.37. The Morgan fingerprint density at radius 2 is 1.91 bits per heavy atom. The fourth-order valence-electron chi connectivity index (χ4n) is 4.29. The smallest absolute Gasteiger partial charge is 0.383 e. The van der Waals surface area contributed by atoms with Crippen molar-refractivity contribution >= 4 is 22.5 Å². The predicted molar refractivity (Wildman–Crippen MR) is 118 cm³/mol. The summed E-state index contributed by atoms with van der Waals surface area (Å²) in [5.41, 5.74) is -1.23. The van der Waals surface area contributed by atoms with Gasteiger partial charge in [0.15, 0.2) is 0 Å². The standard InChI is InChI=1S/C24H24F4N4O2/c1-14(16-4-3-5-18(22(16)25)24(26,27)28)31-19-6-9-29-20-13-30-21(12-17(19)20)23(34)7-10-32(11-8-23)15(2)33/h3-6,9,12-14,34H,7-8,10-11H2,1-2H3,(H,29,31)/t14-/m1/s1. The van der Waals surface area contributed by atoms with Crippen LogP contribution in [0.5, 0.6) is 0 Å². The van der Waals surface area contributed by atoms with Crippen molar-refractivity contribution in [2.45, 2.75) is 44.5 Å². The predicted octanol–water partition coefficient (Wildman–Crippen LogP) is 4.79. The van der Waals surface area contributed by atoms with Gasteiger partial charge in [-0.25, -0.2) is 4.39 Å². The summed E-state index contributed by atoms with van der Waals surface area (Å²) in [6.45, 7) is 3.85. The summed E-state index contributed by atoms with van der Waals surface area (Å²) in [6, 6.07) is 5.73. The van der Waals surface area contributed by atoms with E-state index in [1.165, 1.54) is 31.5 Å². The van der Waals surface area contributed by atoms with Gasteiger partial charge in [0.25, 0.3) is 0 Å². The van der Waals surface area contributed by atoms with Crippen molar-refractivity contribution in [2.24, 2.45) is 0 Å². The summed E-state index contributed by atoms with van der Waals surface area (Å²) < 4.78 is 54.0. The number of hydrogen-bond acceptors (Lipinski definition) is 5. The number of likely N-dealkylation sites (tertiary alicyclic amines) is 1. The Morgan fingerprint density at radius 1 is 1.21 bits per heavy atom. The Kier molecular flexibility index (Phi) is 6.20. The fourth-order valence-corrected chi connectivity index (χ4v) is 4.29. The number of aromatic nitrogens is 2. The number of amides is 1. The van der Waals surface area contributed by atoms with Crippen molar-refractivity contribution in [2.75, 3.05) is 18.4 Å². The van der Waals surface area contributed by atoms with Crippen LogP contribution in [0.1, 0.15) is 49.6 Å². The molecule has 0 saturated carbocycles. The molecule has 2 N–H and O–H groups in total. The van der Waals surface area contributed by atoms with E-state index >= 15 is 0 Å². The highest BCUT2D eigenvalue weighted by molar-refractivity contribution is 5.91. The lowest BCUT2D eigenvalue weighted by Gasteiger charge is -2.37. The van der Waals surface area contributed by atoms with E-state index in [0.717, 1.165) is 0 Å². The molecule has 1 aliphatic heterocycles. The van der Waals surface area contributed by atoms with Gasteiger partial charge in [0.1, 0.15) is 11.4 Å². The Morgan fingerprint density at radius 3 is 2.56 bits per heavy atom. The van der Waals surface area contributed by atoms with Gasteiger partial charge >= 0.3 is 6.18 Å². The number of halogens is 4. The molecule has 1 saturated heterocycles. The lowest BCUT2D eigenvalue weighted by molar-refractivity contribution is -0.140. The topological polar surface area (TPSA) is 78.4 Å². The molecule has 6 nitrogen and oxygen atoms in total. The first-order valence-corrected chi connectivity index (χ1v) is 10.8. The Labute approximate surface area is 193 Å². The maximum Gasteiger partial charge on any atom is 0.419 e. The molecule has 0 radical (unpaired) electrons. The molecule has 0 spiro atoms. The lowest BCUT2D eigenvalue weighted by Crippen LogP contribution is -2.44. The van der Waals surface area contributed by atoms with Crippen molar-refractivity contribution < 1.29 is 27.5 Å². The van der Waals surface area contributed by atoms with Gasteiger partial charge in [0.05, 0.1) is 29.0 Å². The molecule has 2 aromatic heterocycles. The zero-order valence-electron chi connectivity index (χ0n) is 18.7. The van der Waals surface area contributed by atoms with E-state index in [1.807, 2.05) is 0 Å². The van der Waals surface area contributed by atoms with E-state index in [4.69, 9.17) is 0 Å². The average Bonchev–Trinajstić information content (AvgIpc) is 2.78. The first-order valence-electron chi connectivity index (χ1n) is 10.8. The van der Waals surface area contributed by atoms with Crippen LogP contribution in [-0.4, -0.2) is 39.0 Å². The van der Waals surface area contributed by atoms with Gasteiger partial charge in [0.2, 0.25) is 5.91 Å². The molecule has 180 valence electrons. The van der Waals surface area contributed by atoms with E-state index in [0.29, 0.717) is 54.3 Å². The average molecular weight is 476 g/mol. The second-order valence-electron chi connectivity index (χ2n) is 8.56. The van der Waals surface area contributed by atoms with E-state index in [2.05, 4.69) is 15.3 Å². The minimum absolute atomic E-state index is 0.0555. The summed E-state index contributed by atoms with van der Waals surface area (Å²) in [5.74, 6) is -1.37. The molecule has 3 aromatic rings. The molecule has 1 aliphatic rings. The number of nitrogens with one attached hydrogen (secondary N) is 1. The van der Waals surface area contributed by atoms with Crippen LogP contribution in [0.25, 0.3) is 10.9 Å². The van der Waals surface area contributed by atoms with E-state index < -0.39 is 29.2 Å². The maximum absolute atomic E-state index is 14.6. The Balaban J connectivity index is 1.65. The van der Waals surface area contributed by atoms with Crippen LogP contribution < -0.4 is 5.32 Å². The molecule has 1 fully saturated rings. The largest absolute Gasteiger partial charge is 0.419 e. The summed E-state index contributed by atoms with van der Waals surface area (Å²) in [5, 5.41) is 14.9. The summed E-state index contributed by atoms with van der Waals surface area (Å²) >= 11 is 0. The van der Waals surface area contributed by atoms with Gasteiger partial charge in [-0.1, -0.05) is 12.1 Å². The van der Waals surface area contributed by atoms with Crippen molar-refractivity contribution in [1.82, 2.24) is 14.9 Å². The minimum Gasteiger partial charge on any atom is -0.383 e. The number of carbonyl (C=O) groups is 1. The zero-order chi connectivity index (χ0) is 24.7. The highest BCUT2D eigenvalue weighted by atomic mass is 19.4. The quantitative estimate of drug-likeness (QED) is 0.530. The van der Waals surface area contributed by atoms with E-state index in [9.17, 15) is 27.5 Å². The SMILES string of the molecule is CC(=O)N1CCC(O)(c2cc3c(N[C@H](C)c4cccc(C(F)(F)F)c4F)ccnc3cn2)CC1. The number of piperidine rings is 1. The molecule has 0 unspecified atom stereocenters. The van der Waals surface area contributed by atoms with Crippen LogP contribution in [0.15, 0.2) is 42.7 Å². The van der Waals surface area contributed by atoms with Gasteiger partial charge in [0, 0.05) is 42.8 Å². The molecular formula is C24H24F4N4O2. The number of fused-ring (bicyclic) bond motifs is 1. The molecule has 1 aromatic carbocycles. The van der Waals surface area contributed by atoms with Gasteiger partial charge in [-0.15, -0.1) is 0 Å². The monoisotopic (exact) mass is 476 g/mol. The van der Waals surface area contributed by atoms with Crippen LogP contribution in [-0.2, 0) is 16.6 Å². The number of anilines is 1. The number of pyridine rings is 2. The Bertz CT molecular complexity index is 1220. The number of alkyl halides is 3. The molecule has 10 heteroatoms. The lowest BCUT2D eigenvalue weighted by atomic mass is 9.87. The third kappa shape index (κ3) is 4.54. The van der Waals surface area contributed by atoms with Gasteiger partial charge in [-0.3, -0.25) is 14.8 Å². The normalized spacial score (nSPS) is 17.0. The molecule has 4 rings (SSSR count). The fraction of sp³-hybridized carbons (Fsp3) is 0.375. The van der Waals surface area contributed by atoms with Gasteiger partial charge in [-0.2, -0.15) is 13.2 Å². The summed E-state index contributed by atoms with van der Waals surface area (Å²) in [4.78, 5) is 21.9. The molecule has 0 aliphatic carbocycles. The van der Waals surface area contributed by atoms with Crippen LogP contribution >= 0.6 is 0 Å². The molecule has 1 atom stereocenters. The summed E-state index contributed by atoms with van der Waals surface area (Å²) in [7, 11) is 0. The van der Waals surface area contributed by atoms with Crippen LogP contribution in [0.2, 0.25) is 0 Å². The Hall–Kier alpha value is -3.27. The maximum atomic E-state index is 14.6. The summed E-state index contributed by atoms with van der Waals surface area (Å²) in [6.07, 6.45) is -1.13. The molecule has 34 heavy (non-hydrogen) atoms. The first-order chi connectivity index (χ1) is 16.0. The van der Waals surface area contributed by atoms with Crippen molar-refractivity contribution in [1.29, 1.82) is 0 Å². The molecule has 0 bridgehead atoms.